The number of hydrogen-bond donors (Lipinski definition) is 0. The maximum atomic E-state index is 12.4. The van der Waals surface area contributed by atoms with Crippen molar-refractivity contribution >= 4 is 17.4 Å². The molecule has 22 heteroatoms. The smallest absolute Gasteiger partial charge is 0.204 e. The molecule has 0 unspecified atom stereocenters. The summed E-state index contributed by atoms with van der Waals surface area (Å²) in [5, 5.41) is 0. The van der Waals surface area contributed by atoms with E-state index in [1.165, 1.54) is 0 Å². The minimum atomic E-state index is -5.48. The van der Waals surface area contributed by atoms with Crippen molar-refractivity contribution in [1.29, 1.82) is 0 Å². The van der Waals surface area contributed by atoms with Gasteiger partial charge in [0, 0.05) is 18.2 Å². The van der Waals surface area contributed by atoms with Crippen LogP contribution in [0.3, 0.4) is 0 Å². The molecule has 0 aliphatic rings. The van der Waals surface area contributed by atoms with Crippen molar-refractivity contribution in [2.75, 3.05) is 0 Å². The Hall–Kier alpha value is -3.28. The lowest BCUT2D eigenvalue weighted by Gasteiger charge is -2.09. The van der Waals surface area contributed by atoms with Gasteiger partial charge in [0.15, 0.2) is 87.2 Å². The van der Waals surface area contributed by atoms with E-state index in [1.807, 2.05) is 0 Å². The Kier molecular flexibility index (Phi) is 12.9. The van der Waals surface area contributed by atoms with Gasteiger partial charge in [-0.15, -0.1) is 0 Å². The van der Waals surface area contributed by atoms with Crippen LogP contribution in [0.4, 0.5) is 92.2 Å². The Morgan fingerprint density at radius 1 is 0.279 bits per heavy atom. The molecule has 0 aliphatic carbocycles. The standard InChI is InChI=1S/3C7HF7.Al.3H/c3*8-2-1-3(9)6(11)4(5(2)10)7(12,13)14;;;;/h3*1H;;;;. The molecule has 3 aromatic rings. The summed E-state index contributed by atoms with van der Waals surface area (Å²) in [6.07, 6.45) is -16.4. The average molecular weight is 684 g/mol. The van der Waals surface area contributed by atoms with Crippen LogP contribution in [0, 0.1) is 69.8 Å². The maximum absolute atomic E-state index is 12.4. The number of rotatable bonds is 0. The molecule has 0 saturated heterocycles. The largest absolute Gasteiger partial charge is 0.422 e. The summed E-state index contributed by atoms with van der Waals surface area (Å²) in [6, 6.07) is -0.875. The van der Waals surface area contributed by atoms with Crippen molar-refractivity contribution in [2.24, 2.45) is 0 Å². The monoisotopic (exact) mass is 684 g/mol. The highest BCUT2D eigenvalue weighted by atomic mass is 27.0. The van der Waals surface area contributed by atoms with Gasteiger partial charge in [0.1, 0.15) is 16.7 Å². The molecular formula is C21H6AlF21. The fourth-order valence-corrected chi connectivity index (χ4v) is 2.47. The molecule has 0 aromatic heterocycles. The molecule has 0 bridgehead atoms. The summed E-state index contributed by atoms with van der Waals surface area (Å²) in [6.45, 7) is 0. The topological polar surface area (TPSA) is 0 Å². The minimum absolute atomic E-state index is 0. The third kappa shape index (κ3) is 9.35. The predicted molar refractivity (Wildman–Crippen MR) is 104 cm³/mol. The molecular weight excluding hydrogens is 678 g/mol. The molecule has 0 radical (unpaired) electrons. The van der Waals surface area contributed by atoms with Crippen molar-refractivity contribution in [3.63, 3.8) is 0 Å². The fraction of sp³-hybridized carbons (Fsp3) is 0.143. The zero-order valence-electron chi connectivity index (χ0n) is 18.7. The Bertz CT molecular complexity index is 1200. The molecule has 0 atom stereocenters. The second-order valence-electron chi connectivity index (χ2n) is 7.02. The zero-order valence-corrected chi connectivity index (χ0v) is 18.7. The van der Waals surface area contributed by atoms with Crippen molar-refractivity contribution < 1.29 is 92.2 Å². The first kappa shape index (κ1) is 39.7. The van der Waals surface area contributed by atoms with Gasteiger partial charge in [0.2, 0.25) is 0 Å². The molecule has 43 heavy (non-hydrogen) atoms. The Labute approximate surface area is 233 Å². The highest BCUT2D eigenvalue weighted by Crippen LogP contribution is 2.37. The summed E-state index contributed by atoms with van der Waals surface area (Å²) in [5.41, 5.74) is -7.68. The van der Waals surface area contributed by atoms with Gasteiger partial charge in [0.05, 0.1) is 0 Å². The van der Waals surface area contributed by atoms with E-state index in [4.69, 9.17) is 0 Å². The van der Waals surface area contributed by atoms with E-state index in [9.17, 15) is 92.2 Å². The number of halogens is 21. The molecule has 3 aromatic carbocycles. The summed E-state index contributed by atoms with van der Waals surface area (Å²) < 4.78 is 255. The van der Waals surface area contributed by atoms with Crippen LogP contribution in [-0.2, 0) is 18.5 Å². The normalized spacial score (nSPS) is 11.7. The highest BCUT2D eigenvalue weighted by molar-refractivity contribution is 5.75. The van der Waals surface area contributed by atoms with Gasteiger partial charge in [-0.2, -0.15) is 39.5 Å². The highest BCUT2D eigenvalue weighted by Gasteiger charge is 2.42. The van der Waals surface area contributed by atoms with E-state index in [2.05, 4.69) is 0 Å². The van der Waals surface area contributed by atoms with Gasteiger partial charge in [-0.1, -0.05) is 0 Å². The van der Waals surface area contributed by atoms with Crippen molar-refractivity contribution in [1.82, 2.24) is 0 Å². The molecule has 240 valence electrons. The van der Waals surface area contributed by atoms with Crippen LogP contribution < -0.4 is 0 Å². The third-order valence-corrected chi connectivity index (χ3v) is 4.19. The first-order chi connectivity index (χ1) is 18.7. The van der Waals surface area contributed by atoms with Crippen LogP contribution in [-0.4, -0.2) is 17.4 Å². The molecule has 0 N–H and O–H groups in total. The molecule has 0 heterocycles. The maximum Gasteiger partial charge on any atom is 0.422 e. The van der Waals surface area contributed by atoms with Crippen LogP contribution in [0.2, 0.25) is 0 Å². The van der Waals surface area contributed by atoms with Crippen molar-refractivity contribution in [3.8, 4) is 0 Å². The lowest BCUT2D eigenvalue weighted by atomic mass is 10.1. The number of benzene rings is 3. The van der Waals surface area contributed by atoms with Gasteiger partial charge in [-0.3, -0.25) is 0 Å². The molecule has 0 spiro atoms. The van der Waals surface area contributed by atoms with Crippen LogP contribution in [0.15, 0.2) is 18.2 Å². The summed E-state index contributed by atoms with van der Waals surface area (Å²) in [4.78, 5) is 0. The SMILES string of the molecule is Fc1cc(F)c(F)c(C(F)(F)F)c1F.Fc1cc(F)c(F)c(C(F)(F)F)c1F.Fc1cc(F)c(F)c(C(F)(F)F)c1F.[AlH3]. The van der Waals surface area contributed by atoms with E-state index in [0.29, 0.717) is 0 Å². The van der Waals surface area contributed by atoms with Gasteiger partial charge in [-0.25, -0.2) is 52.7 Å². The number of alkyl halides is 9. The molecule has 0 amide bonds. The van der Waals surface area contributed by atoms with Crippen LogP contribution in [0.25, 0.3) is 0 Å². The van der Waals surface area contributed by atoms with Gasteiger partial charge in [-0.05, 0) is 0 Å². The third-order valence-electron chi connectivity index (χ3n) is 4.19. The first-order valence-electron chi connectivity index (χ1n) is 9.45. The quantitative estimate of drug-likeness (QED) is 0.127. The molecule has 0 fully saturated rings. The van der Waals surface area contributed by atoms with Gasteiger partial charge >= 0.3 is 18.5 Å². The number of hydrogen-bond acceptors (Lipinski definition) is 0. The summed E-state index contributed by atoms with van der Waals surface area (Å²) in [5.74, 6) is -27.2. The molecule has 0 saturated carbocycles. The van der Waals surface area contributed by atoms with E-state index >= 15 is 0 Å². The Balaban J connectivity index is 0.000000608. The van der Waals surface area contributed by atoms with E-state index < -0.39 is 105 Å². The van der Waals surface area contributed by atoms with Crippen molar-refractivity contribution in [3.05, 3.63) is 105 Å². The first-order valence-corrected chi connectivity index (χ1v) is 9.45. The summed E-state index contributed by atoms with van der Waals surface area (Å²) in [7, 11) is 0. The zero-order chi connectivity index (χ0) is 33.3. The second kappa shape index (κ2) is 14.0. The lowest BCUT2D eigenvalue weighted by molar-refractivity contribution is -0.144. The van der Waals surface area contributed by atoms with Crippen molar-refractivity contribution in [2.45, 2.75) is 18.5 Å². The minimum Gasteiger partial charge on any atom is -0.204 e. The second-order valence-corrected chi connectivity index (χ2v) is 7.02. The van der Waals surface area contributed by atoms with Crippen LogP contribution >= 0.6 is 0 Å². The van der Waals surface area contributed by atoms with E-state index in [-0.39, 0.29) is 35.6 Å². The van der Waals surface area contributed by atoms with Gasteiger partial charge < -0.3 is 0 Å². The van der Waals surface area contributed by atoms with Crippen LogP contribution in [0.1, 0.15) is 16.7 Å². The average Bonchev–Trinajstić information content (AvgIpc) is 2.79. The Morgan fingerprint density at radius 3 is 0.488 bits per heavy atom. The fourth-order valence-electron chi connectivity index (χ4n) is 2.47. The van der Waals surface area contributed by atoms with Gasteiger partial charge in [0.25, 0.3) is 0 Å². The molecule has 0 nitrogen and oxygen atoms in total. The van der Waals surface area contributed by atoms with Crippen LogP contribution in [0.5, 0.6) is 0 Å². The van der Waals surface area contributed by atoms with E-state index in [0.717, 1.165) is 0 Å². The lowest BCUT2D eigenvalue weighted by Crippen LogP contribution is -2.14. The Morgan fingerprint density at radius 2 is 0.395 bits per heavy atom. The van der Waals surface area contributed by atoms with E-state index in [1.54, 1.807) is 0 Å². The predicted octanol–water partition coefficient (Wildman–Crippen LogP) is 8.60. The molecule has 0 aliphatic heterocycles. The molecule has 3 rings (SSSR count). The summed E-state index contributed by atoms with van der Waals surface area (Å²) >= 11 is 0.